The molecule has 24 heavy (non-hydrogen) atoms. The van der Waals surface area contributed by atoms with Crippen molar-refractivity contribution in [3.8, 4) is 0 Å². The fourth-order valence-corrected chi connectivity index (χ4v) is 3.46. The number of allylic oxidation sites excluding steroid dienone is 1. The van der Waals surface area contributed by atoms with Gasteiger partial charge in [-0.15, -0.1) is 0 Å². The number of benzene rings is 2. The van der Waals surface area contributed by atoms with E-state index in [4.69, 9.17) is 23.8 Å². The lowest BCUT2D eigenvalue weighted by molar-refractivity contribution is -0.133. The van der Waals surface area contributed by atoms with Gasteiger partial charge in [0.1, 0.15) is 0 Å². The summed E-state index contributed by atoms with van der Waals surface area (Å²) in [6.07, 6.45) is 0. The second kappa shape index (κ2) is 6.63. The van der Waals surface area contributed by atoms with E-state index in [-0.39, 0.29) is 5.57 Å². The Morgan fingerprint density at radius 1 is 1.17 bits per heavy atom. The van der Waals surface area contributed by atoms with Gasteiger partial charge in [0.25, 0.3) is 0 Å². The number of halogens is 1. The summed E-state index contributed by atoms with van der Waals surface area (Å²) >= 11 is 11.8. The van der Waals surface area contributed by atoms with Gasteiger partial charge in [-0.1, -0.05) is 48.0 Å². The number of nitrogens with one attached hydrogen (secondary N) is 1. The normalized spacial score (nSPS) is 17.7. The summed E-state index contributed by atoms with van der Waals surface area (Å²) in [5, 5.41) is 13.8. The molecular weight excluding hydrogens is 344 g/mol. The number of carboxylic acids is 1. The molecule has 0 spiro atoms. The van der Waals surface area contributed by atoms with Crippen molar-refractivity contribution in [2.45, 2.75) is 13.0 Å². The average Bonchev–Trinajstić information content (AvgIpc) is 2.55. The molecule has 6 heteroatoms. The standard InChI is InChI=1S/C18H15ClN2O2S/c1-11-15(17(22)23)16(13-9-5-6-10-14(13)19)20-18(24)21(11)12-7-3-2-4-8-12/h2-10,16H,1H3,(H,20,24)(H,22,23)/t16-/m1/s1. The third-order valence-corrected chi connectivity index (χ3v) is 4.59. The molecule has 0 unspecified atom stereocenters. The fourth-order valence-electron chi connectivity index (χ4n) is 2.85. The molecule has 2 N–H and O–H groups in total. The maximum atomic E-state index is 11.9. The Morgan fingerprint density at radius 3 is 2.42 bits per heavy atom. The van der Waals surface area contributed by atoms with Crippen LogP contribution in [0.2, 0.25) is 5.02 Å². The van der Waals surface area contributed by atoms with E-state index in [0.29, 0.717) is 21.4 Å². The van der Waals surface area contributed by atoms with Crippen molar-refractivity contribution in [1.29, 1.82) is 0 Å². The molecule has 0 aliphatic carbocycles. The number of carboxylic acid groups (broad SMARTS) is 1. The summed E-state index contributed by atoms with van der Waals surface area (Å²) in [6, 6.07) is 16.0. The molecule has 122 valence electrons. The number of hydrogen-bond donors (Lipinski definition) is 2. The van der Waals surface area contributed by atoms with E-state index in [1.807, 2.05) is 36.4 Å². The number of carbonyl (C=O) groups is 1. The van der Waals surface area contributed by atoms with Crippen LogP contribution < -0.4 is 10.2 Å². The highest BCUT2D eigenvalue weighted by molar-refractivity contribution is 7.80. The molecule has 0 saturated heterocycles. The minimum atomic E-state index is -1.01. The molecule has 2 aromatic rings. The second-order valence-electron chi connectivity index (χ2n) is 5.38. The molecule has 0 aromatic heterocycles. The van der Waals surface area contributed by atoms with Crippen LogP contribution in [0.1, 0.15) is 18.5 Å². The van der Waals surface area contributed by atoms with Gasteiger partial charge in [0.05, 0.1) is 11.6 Å². The van der Waals surface area contributed by atoms with Gasteiger partial charge in [0, 0.05) is 16.4 Å². The van der Waals surface area contributed by atoms with E-state index in [1.165, 1.54) is 0 Å². The monoisotopic (exact) mass is 358 g/mol. The molecular formula is C18H15ClN2O2S. The zero-order chi connectivity index (χ0) is 17.3. The van der Waals surface area contributed by atoms with Crippen LogP contribution in [-0.4, -0.2) is 16.2 Å². The van der Waals surface area contributed by atoms with Crippen molar-refractivity contribution in [3.05, 3.63) is 76.5 Å². The van der Waals surface area contributed by atoms with Gasteiger partial charge in [-0.3, -0.25) is 4.90 Å². The topological polar surface area (TPSA) is 52.6 Å². The summed E-state index contributed by atoms with van der Waals surface area (Å²) in [5.74, 6) is -1.01. The molecule has 4 nitrogen and oxygen atoms in total. The van der Waals surface area contributed by atoms with E-state index in [1.54, 1.807) is 30.0 Å². The first-order valence-corrected chi connectivity index (χ1v) is 8.13. The van der Waals surface area contributed by atoms with Crippen LogP contribution >= 0.6 is 23.8 Å². The largest absolute Gasteiger partial charge is 0.478 e. The lowest BCUT2D eigenvalue weighted by Gasteiger charge is -2.37. The van der Waals surface area contributed by atoms with Gasteiger partial charge in [-0.2, -0.15) is 0 Å². The molecule has 0 bridgehead atoms. The Labute approximate surface area is 150 Å². The minimum absolute atomic E-state index is 0.223. The Kier molecular flexibility index (Phi) is 4.55. The van der Waals surface area contributed by atoms with Crippen molar-refractivity contribution in [3.63, 3.8) is 0 Å². The number of aliphatic carboxylic acids is 1. The van der Waals surface area contributed by atoms with Gasteiger partial charge in [0.2, 0.25) is 0 Å². The molecule has 0 saturated carbocycles. The quantitative estimate of drug-likeness (QED) is 0.808. The van der Waals surface area contributed by atoms with Gasteiger partial charge >= 0.3 is 5.97 Å². The zero-order valence-corrected chi connectivity index (χ0v) is 14.4. The first-order valence-electron chi connectivity index (χ1n) is 7.35. The second-order valence-corrected chi connectivity index (χ2v) is 6.17. The molecule has 1 aliphatic heterocycles. The predicted molar refractivity (Wildman–Crippen MR) is 99.2 cm³/mol. The molecule has 1 heterocycles. The Bertz CT molecular complexity index is 836. The number of thiocarbonyl (C=S) groups is 1. The number of rotatable bonds is 3. The highest BCUT2D eigenvalue weighted by Crippen LogP contribution is 2.35. The first-order chi connectivity index (χ1) is 11.5. The lowest BCUT2D eigenvalue weighted by atomic mass is 9.95. The third kappa shape index (κ3) is 2.88. The molecule has 2 aromatic carbocycles. The van der Waals surface area contributed by atoms with Gasteiger partial charge < -0.3 is 10.4 Å². The average molecular weight is 359 g/mol. The van der Waals surface area contributed by atoms with Crippen LogP contribution in [0.25, 0.3) is 0 Å². The first kappa shape index (κ1) is 16.5. The van der Waals surface area contributed by atoms with E-state index in [9.17, 15) is 9.90 Å². The van der Waals surface area contributed by atoms with Crippen molar-refractivity contribution < 1.29 is 9.90 Å². The van der Waals surface area contributed by atoms with Crippen molar-refractivity contribution in [1.82, 2.24) is 5.32 Å². The van der Waals surface area contributed by atoms with Gasteiger partial charge in [-0.25, -0.2) is 4.79 Å². The molecule has 1 aliphatic rings. The smallest absolute Gasteiger partial charge is 0.335 e. The van der Waals surface area contributed by atoms with Crippen LogP contribution in [0.4, 0.5) is 5.69 Å². The number of hydrogen-bond acceptors (Lipinski definition) is 2. The summed E-state index contributed by atoms with van der Waals surface area (Å²) in [7, 11) is 0. The van der Waals surface area contributed by atoms with Crippen molar-refractivity contribution in [2.75, 3.05) is 4.90 Å². The number of anilines is 1. The Hall–Kier alpha value is -2.37. The van der Waals surface area contributed by atoms with Crippen LogP contribution in [-0.2, 0) is 4.79 Å². The molecule has 0 amide bonds. The van der Waals surface area contributed by atoms with E-state index < -0.39 is 12.0 Å². The molecule has 0 fully saturated rings. The summed E-state index contributed by atoms with van der Waals surface area (Å²) < 4.78 is 0. The number of nitrogens with zero attached hydrogens (tertiary/aromatic N) is 1. The Balaban J connectivity index is 2.15. The van der Waals surface area contributed by atoms with E-state index in [2.05, 4.69) is 5.32 Å². The fraction of sp³-hybridized carbons (Fsp3) is 0.111. The van der Waals surface area contributed by atoms with Crippen LogP contribution in [0.15, 0.2) is 65.9 Å². The highest BCUT2D eigenvalue weighted by atomic mass is 35.5. The minimum Gasteiger partial charge on any atom is -0.478 e. The lowest BCUT2D eigenvalue weighted by Crippen LogP contribution is -2.47. The summed E-state index contributed by atoms with van der Waals surface area (Å²) in [4.78, 5) is 13.7. The van der Waals surface area contributed by atoms with Gasteiger partial charge in [-0.05, 0) is 42.9 Å². The molecule has 3 rings (SSSR count). The summed E-state index contributed by atoms with van der Waals surface area (Å²) in [6.45, 7) is 1.76. The molecule has 1 atom stereocenters. The van der Waals surface area contributed by atoms with Crippen molar-refractivity contribution in [2.24, 2.45) is 0 Å². The number of para-hydroxylation sites is 1. The zero-order valence-electron chi connectivity index (χ0n) is 12.9. The van der Waals surface area contributed by atoms with Gasteiger partial charge in [0.15, 0.2) is 5.11 Å². The third-order valence-electron chi connectivity index (χ3n) is 3.95. The Morgan fingerprint density at radius 2 is 1.79 bits per heavy atom. The predicted octanol–water partition coefficient (Wildman–Crippen LogP) is 4.13. The maximum Gasteiger partial charge on any atom is 0.335 e. The highest BCUT2D eigenvalue weighted by Gasteiger charge is 2.35. The van der Waals surface area contributed by atoms with E-state index >= 15 is 0 Å². The maximum absolute atomic E-state index is 11.9. The molecule has 0 radical (unpaired) electrons. The summed E-state index contributed by atoms with van der Waals surface area (Å²) in [5.41, 5.74) is 2.29. The van der Waals surface area contributed by atoms with E-state index in [0.717, 1.165) is 5.69 Å². The van der Waals surface area contributed by atoms with Crippen molar-refractivity contribution >= 4 is 40.6 Å². The van der Waals surface area contributed by atoms with Crippen LogP contribution in [0.5, 0.6) is 0 Å². The van der Waals surface area contributed by atoms with Crippen LogP contribution in [0, 0.1) is 0 Å². The SMILES string of the molecule is CC1=C(C(=O)O)[C@@H](c2ccccc2Cl)NC(=S)N1c1ccccc1. The van der Waals surface area contributed by atoms with Crippen LogP contribution in [0.3, 0.4) is 0 Å².